The second kappa shape index (κ2) is 5.34. The third-order valence-electron chi connectivity index (χ3n) is 1.59. The van der Waals surface area contributed by atoms with Crippen LogP contribution < -0.4 is 0 Å². The number of hydrogen-bond donors (Lipinski definition) is 0. The maximum Gasteiger partial charge on any atom is 0.278 e. The van der Waals surface area contributed by atoms with Gasteiger partial charge in [0.2, 0.25) is 0 Å². The van der Waals surface area contributed by atoms with Gasteiger partial charge in [-0.1, -0.05) is 0 Å². The average Bonchev–Trinajstić information content (AvgIpc) is 2.16. The number of nitrogens with zero attached hydrogens (tertiary/aromatic N) is 1. The highest BCUT2D eigenvalue weighted by atomic mass is 32.1. The Bertz CT molecular complexity index is 484. The fraction of sp³-hybridized carbons (Fsp3) is 0. The van der Waals surface area contributed by atoms with Crippen LogP contribution in [0.5, 0.6) is 0 Å². The van der Waals surface area contributed by atoms with Crippen LogP contribution in [0.2, 0.25) is 0 Å². The Kier molecular flexibility index (Phi) is 4.10. The van der Waals surface area contributed by atoms with Crippen molar-refractivity contribution >= 4 is 29.4 Å². The fourth-order valence-electron chi connectivity index (χ4n) is 0.949. The van der Waals surface area contributed by atoms with Gasteiger partial charge in [0.05, 0.1) is 5.16 Å². The first-order valence-corrected chi connectivity index (χ1v) is 4.40. The lowest BCUT2D eigenvalue weighted by Gasteiger charge is -1.98. The minimum absolute atomic E-state index is 0.510. The molecule has 1 aromatic carbocycles. The smallest absolute Gasteiger partial charge is 0.267 e. The first kappa shape index (κ1) is 12.3. The van der Waals surface area contributed by atoms with E-state index >= 15 is 0 Å². The Morgan fingerprint density at radius 3 is 2.38 bits per heavy atom. The van der Waals surface area contributed by atoms with Crippen LogP contribution in [0.4, 0.5) is 13.2 Å². The van der Waals surface area contributed by atoms with E-state index in [4.69, 9.17) is 0 Å². The van der Waals surface area contributed by atoms with Crippen LogP contribution in [-0.4, -0.2) is 11.1 Å². The van der Waals surface area contributed by atoms with Gasteiger partial charge in [-0.15, -0.1) is 0 Å². The third-order valence-corrected chi connectivity index (χ3v) is 1.68. The lowest BCUT2D eigenvalue weighted by Crippen LogP contribution is -1.92. The maximum atomic E-state index is 13.0. The molecule has 0 fully saturated rings. The van der Waals surface area contributed by atoms with Crippen LogP contribution in [0.3, 0.4) is 0 Å². The molecule has 0 bridgehead atoms. The van der Waals surface area contributed by atoms with Crippen LogP contribution in [0.15, 0.2) is 23.2 Å². The van der Waals surface area contributed by atoms with Gasteiger partial charge in [0.1, 0.15) is 17.5 Å². The molecule has 82 valence electrons. The molecule has 0 aliphatic carbocycles. The Hall–Kier alpha value is -1.78. The van der Waals surface area contributed by atoms with Gasteiger partial charge in [0.15, 0.2) is 0 Å². The predicted octanol–water partition coefficient (Wildman–Crippen LogP) is 2.75. The molecule has 1 rings (SSSR count). The normalized spacial score (nSPS) is 10.2. The van der Waals surface area contributed by atoms with Gasteiger partial charge in [0.25, 0.3) is 5.91 Å². The molecule has 6 heteroatoms. The van der Waals surface area contributed by atoms with E-state index < -0.39 is 28.9 Å². The van der Waals surface area contributed by atoms with Gasteiger partial charge in [-0.3, -0.25) is 4.79 Å². The van der Waals surface area contributed by atoms with Crippen LogP contribution in [-0.2, 0) is 4.79 Å². The van der Waals surface area contributed by atoms with Crippen molar-refractivity contribution < 1.29 is 18.0 Å². The highest BCUT2D eigenvalue weighted by Crippen LogP contribution is 2.16. The number of isothiocyanates is 1. The van der Waals surface area contributed by atoms with Crippen LogP contribution in [0, 0.1) is 17.5 Å². The Morgan fingerprint density at radius 2 is 1.88 bits per heavy atom. The molecule has 0 atom stereocenters. The molecule has 0 saturated heterocycles. The number of carbonyl (C=O) groups excluding carboxylic acids is 1. The van der Waals surface area contributed by atoms with Crippen molar-refractivity contribution in [3.63, 3.8) is 0 Å². The van der Waals surface area contributed by atoms with E-state index in [1.165, 1.54) is 0 Å². The maximum absolute atomic E-state index is 13.0. The third kappa shape index (κ3) is 3.12. The number of hydrogen-bond acceptors (Lipinski definition) is 2. The van der Waals surface area contributed by atoms with Crippen molar-refractivity contribution in [2.45, 2.75) is 0 Å². The number of benzene rings is 1. The van der Waals surface area contributed by atoms with Gasteiger partial charge < -0.3 is 0 Å². The number of amides is 1. The lowest BCUT2D eigenvalue weighted by atomic mass is 10.2. The Labute approximate surface area is 94.1 Å². The van der Waals surface area contributed by atoms with Gasteiger partial charge in [-0.25, -0.2) is 13.2 Å². The minimum atomic E-state index is -1.10. The standard InChI is InChI=1S/C10H4F3NOS/c11-6-3-8(12)7(9(13)4-6)1-2-10(15)14-5-16/h1-4H/b2-1+. The summed E-state index contributed by atoms with van der Waals surface area (Å²) < 4.78 is 38.6. The topological polar surface area (TPSA) is 29.4 Å². The SMILES string of the molecule is O=C(/C=C/c1c(F)cc(F)cc1F)N=C=S. The zero-order valence-electron chi connectivity index (χ0n) is 7.71. The first-order valence-electron chi connectivity index (χ1n) is 3.99. The average molecular weight is 243 g/mol. The van der Waals surface area contributed by atoms with Crippen molar-refractivity contribution in [3.8, 4) is 0 Å². The second-order valence-electron chi connectivity index (χ2n) is 2.66. The van der Waals surface area contributed by atoms with Crippen molar-refractivity contribution in [2.24, 2.45) is 4.99 Å². The van der Waals surface area contributed by atoms with Crippen molar-refractivity contribution in [2.75, 3.05) is 0 Å². The molecule has 0 heterocycles. The van der Waals surface area contributed by atoms with Gasteiger partial charge >= 0.3 is 0 Å². The molecule has 0 aromatic heterocycles. The van der Waals surface area contributed by atoms with E-state index in [1.54, 1.807) is 5.16 Å². The second-order valence-corrected chi connectivity index (χ2v) is 2.84. The zero-order chi connectivity index (χ0) is 12.1. The monoisotopic (exact) mass is 243 g/mol. The van der Waals surface area contributed by atoms with E-state index in [-0.39, 0.29) is 0 Å². The van der Waals surface area contributed by atoms with E-state index in [9.17, 15) is 18.0 Å². The number of rotatable bonds is 2. The molecule has 0 aliphatic heterocycles. The van der Waals surface area contributed by atoms with E-state index in [2.05, 4.69) is 17.2 Å². The summed E-state index contributed by atoms with van der Waals surface area (Å²) in [5.74, 6) is -4.05. The summed E-state index contributed by atoms with van der Waals surface area (Å²) in [4.78, 5) is 13.8. The summed E-state index contributed by atoms with van der Waals surface area (Å²) in [7, 11) is 0. The van der Waals surface area contributed by atoms with Gasteiger partial charge in [0, 0.05) is 23.8 Å². The van der Waals surface area contributed by atoms with Crippen LogP contribution in [0.1, 0.15) is 5.56 Å². The van der Waals surface area contributed by atoms with Crippen molar-refractivity contribution in [1.29, 1.82) is 0 Å². The molecule has 0 unspecified atom stereocenters. The number of thiocarbonyl (C=S) groups is 1. The van der Waals surface area contributed by atoms with E-state index in [0.717, 1.165) is 12.2 Å². The minimum Gasteiger partial charge on any atom is -0.267 e. The van der Waals surface area contributed by atoms with Gasteiger partial charge in [-0.05, 0) is 18.3 Å². The summed E-state index contributed by atoms with van der Waals surface area (Å²) >= 11 is 4.16. The molecule has 0 aliphatic rings. The summed E-state index contributed by atoms with van der Waals surface area (Å²) in [5.41, 5.74) is -0.519. The summed E-state index contributed by atoms with van der Waals surface area (Å²) in [6.45, 7) is 0. The molecule has 16 heavy (non-hydrogen) atoms. The molecule has 0 spiro atoms. The molecular weight excluding hydrogens is 239 g/mol. The quantitative estimate of drug-likeness (QED) is 0.454. The summed E-state index contributed by atoms with van der Waals surface area (Å²) in [6.07, 6.45) is 1.65. The Morgan fingerprint density at radius 1 is 1.31 bits per heavy atom. The first-order chi connectivity index (χ1) is 7.54. The number of halogens is 3. The highest BCUT2D eigenvalue weighted by Gasteiger charge is 2.08. The molecule has 0 saturated carbocycles. The summed E-state index contributed by atoms with van der Waals surface area (Å²) in [6, 6.07) is 1.02. The van der Waals surface area contributed by atoms with Crippen LogP contribution in [0.25, 0.3) is 6.08 Å². The predicted molar refractivity (Wildman–Crippen MR) is 55.4 cm³/mol. The molecule has 1 amide bonds. The molecular formula is C10H4F3NOS. The fourth-order valence-corrected chi connectivity index (χ4v) is 1.04. The Balaban J connectivity index is 3.06. The van der Waals surface area contributed by atoms with E-state index in [1.807, 2.05) is 0 Å². The highest BCUT2D eigenvalue weighted by molar-refractivity contribution is 7.78. The molecule has 1 aromatic rings. The van der Waals surface area contributed by atoms with E-state index in [0.29, 0.717) is 12.1 Å². The number of carbonyl (C=O) groups is 1. The molecule has 2 nitrogen and oxygen atoms in total. The van der Waals surface area contributed by atoms with Crippen LogP contribution >= 0.6 is 12.2 Å². The molecule has 0 radical (unpaired) electrons. The molecule has 0 N–H and O–H groups in total. The van der Waals surface area contributed by atoms with Crippen molar-refractivity contribution in [3.05, 3.63) is 41.2 Å². The van der Waals surface area contributed by atoms with Gasteiger partial charge in [-0.2, -0.15) is 4.99 Å². The van der Waals surface area contributed by atoms with Crippen molar-refractivity contribution in [1.82, 2.24) is 0 Å². The lowest BCUT2D eigenvalue weighted by molar-refractivity contribution is -0.113. The largest absolute Gasteiger partial charge is 0.278 e. The summed E-state index contributed by atoms with van der Waals surface area (Å²) in [5, 5.41) is 1.80. The number of aliphatic imine (C=N–C) groups is 1. The zero-order valence-corrected chi connectivity index (χ0v) is 8.52.